The van der Waals surface area contributed by atoms with Gasteiger partial charge in [0.05, 0.1) is 17.3 Å². The van der Waals surface area contributed by atoms with Gasteiger partial charge < -0.3 is 15.0 Å². The van der Waals surface area contributed by atoms with E-state index in [1.54, 1.807) is 42.7 Å². The van der Waals surface area contributed by atoms with E-state index in [1.165, 1.54) is 0 Å². The number of anilines is 1. The first-order valence-corrected chi connectivity index (χ1v) is 10.8. The van der Waals surface area contributed by atoms with Gasteiger partial charge in [-0.15, -0.1) is 0 Å². The third-order valence-electron chi connectivity index (χ3n) is 5.05. The fourth-order valence-corrected chi connectivity index (χ4v) is 4.65. The molecule has 1 saturated heterocycles. The number of rotatable bonds is 6. The lowest BCUT2D eigenvalue weighted by Crippen LogP contribution is -2.48. The number of fused-ring (bicyclic) bond motifs is 1. The Bertz CT molecular complexity index is 984. The number of carbonyl (C=O) groups excluding carboxylic acids is 1. The zero-order valence-electron chi connectivity index (χ0n) is 16.2. The molecule has 0 aliphatic carbocycles. The first-order chi connectivity index (χ1) is 14.1. The van der Waals surface area contributed by atoms with Gasteiger partial charge in [-0.2, -0.15) is 0 Å². The van der Waals surface area contributed by atoms with Crippen molar-refractivity contribution in [1.82, 2.24) is 15.2 Å². The second kappa shape index (κ2) is 8.98. The molecule has 2 heterocycles. The summed E-state index contributed by atoms with van der Waals surface area (Å²) < 4.78 is 6.24. The third kappa shape index (κ3) is 4.80. The molecule has 0 spiro atoms. The molecule has 29 heavy (non-hydrogen) atoms. The Morgan fingerprint density at radius 2 is 1.93 bits per heavy atom. The van der Waals surface area contributed by atoms with Crippen LogP contribution in [0.2, 0.25) is 5.02 Å². The molecule has 0 radical (unpaired) electrons. The zero-order valence-corrected chi connectivity index (χ0v) is 17.8. The molecular formula is C21H23ClN4O2S. The van der Waals surface area contributed by atoms with Gasteiger partial charge in [-0.25, -0.2) is 4.98 Å². The van der Waals surface area contributed by atoms with Crippen LogP contribution in [0.5, 0.6) is 5.75 Å². The summed E-state index contributed by atoms with van der Waals surface area (Å²) in [4.78, 5) is 21.7. The fourth-order valence-electron chi connectivity index (χ4n) is 3.36. The van der Waals surface area contributed by atoms with Crippen LogP contribution in [0.15, 0.2) is 42.5 Å². The molecule has 152 valence electrons. The Labute approximate surface area is 179 Å². The lowest BCUT2D eigenvalue weighted by molar-refractivity contribution is 0.0947. The van der Waals surface area contributed by atoms with Crippen molar-refractivity contribution in [3.63, 3.8) is 0 Å². The molecule has 6 nitrogen and oxygen atoms in total. The van der Waals surface area contributed by atoms with Gasteiger partial charge in [0.15, 0.2) is 5.13 Å². The average molecular weight is 431 g/mol. The predicted molar refractivity (Wildman–Crippen MR) is 119 cm³/mol. The predicted octanol–water partition coefficient (Wildman–Crippen LogP) is 3.51. The molecule has 4 rings (SSSR count). The van der Waals surface area contributed by atoms with E-state index >= 15 is 0 Å². The lowest BCUT2D eigenvalue weighted by Gasteiger charge is -2.34. The SMILES string of the molecule is COc1ccc(C(=O)NCCN2CCN(c3nc4ccc(Cl)cc4s3)CC2)cc1. The molecule has 0 bridgehead atoms. The van der Waals surface area contributed by atoms with Crippen LogP contribution in [-0.2, 0) is 0 Å². The first kappa shape index (κ1) is 19.9. The first-order valence-electron chi connectivity index (χ1n) is 9.58. The second-order valence-electron chi connectivity index (χ2n) is 6.92. The molecule has 0 unspecified atom stereocenters. The molecule has 1 fully saturated rings. The van der Waals surface area contributed by atoms with Gasteiger partial charge in [0, 0.05) is 49.9 Å². The lowest BCUT2D eigenvalue weighted by atomic mass is 10.2. The smallest absolute Gasteiger partial charge is 0.251 e. The number of aromatic nitrogens is 1. The van der Waals surface area contributed by atoms with Crippen molar-refractivity contribution in [3.8, 4) is 5.75 Å². The molecular weight excluding hydrogens is 408 g/mol. The Morgan fingerprint density at radius 1 is 1.17 bits per heavy atom. The van der Waals surface area contributed by atoms with Crippen LogP contribution in [-0.4, -0.2) is 62.2 Å². The molecule has 1 aliphatic heterocycles. The second-order valence-corrected chi connectivity index (χ2v) is 8.37. The Hall–Kier alpha value is -2.35. The van der Waals surface area contributed by atoms with Crippen molar-refractivity contribution in [2.24, 2.45) is 0 Å². The number of ether oxygens (including phenoxy) is 1. The number of nitrogens with one attached hydrogen (secondary N) is 1. The fraction of sp³-hybridized carbons (Fsp3) is 0.333. The quantitative estimate of drug-likeness (QED) is 0.648. The molecule has 0 atom stereocenters. The van der Waals surface area contributed by atoms with Crippen LogP contribution >= 0.6 is 22.9 Å². The zero-order chi connectivity index (χ0) is 20.2. The van der Waals surface area contributed by atoms with Crippen molar-refractivity contribution in [2.75, 3.05) is 51.3 Å². The Morgan fingerprint density at radius 3 is 2.66 bits per heavy atom. The van der Waals surface area contributed by atoms with Crippen molar-refractivity contribution in [2.45, 2.75) is 0 Å². The number of nitrogens with zero attached hydrogens (tertiary/aromatic N) is 3. The molecule has 2 aromatic carbocycles. The molecule has 8 heteroatoms. The van der Waals surface area contributed by atoms with Gasteiger partial charge >= 0.3 is 0 Å². The van der Waals surface area contributed by atoms with Crippen LogP contribution in [0.25, 0.3) is 10.2 Å². The number of thiazole rings is 1. The third-order valence-corrected chi connectivity index (χ3v) is 6.36. The number of methoxy groups -OCH3 is 1. The highest BCUT2D eigenvalue weighted by molar-refractivity contribution is 7.22. The van der Waals surface area contributed by atoms with Crippen LogP contribution < -0.4 is 15.0 Å². The summed E-state index contributed by atoms with van der Waals surface area (Å²) >= 11 is 7.77. The summed E-state index contributed by atoms with van der Waals surface area (Å²) in [6.45, 7) is 5.24. The molecule has 1 aromatic heterocycles. The van der Waals surface area contributed by atoms with E-state index in [4.69, 9.17) is 21.3 Å². The maximum absolute atomic E-state index is 12.2. The molecule has 3 aromatic rings. The number of benzene rings is 2. The van der Waals surface area contributed by atoms with Crippen LogP contribution in [0.1, 0.15) is 10.4 Å². The summed E-state index contributed by atoms with van der Waals surface area (Å²) in [6, 6.07) is 13.0. The van der Waals surface area contributed by atoms with E-state index in [1.807, 2.05) is 18.2 Å². The highest BCUT2D eigenvalue weighted by atomic mass is 35.5. The number of hydrogen-bond acceptors (Lipinski definition) is 6. The molecule has 0 saturated carbocycles. The maximum Gasteiger partial charge on any atom is 0.251 e. The summed E-state index contributed by atoms with van der Waals surface area (Å²) in [5.41, 5.74) is 1.64. The van der Waals surface area contributed by atoms with Crippen molar-refractivity contribution in [3.05, 3.63) is 53.1 Å². The van der Waals surface area contributed by atoms with Gasteiger partial charge in [-0.05, 0) is 42.5 Å². The largest absolute Gasteiger partial charge is 0.497 e. The van der Waals surface area contributed by atoms with Crippen LogP contribution in [0, 0.1) is 0 Å². The monoisotopic (exact) mass is 430 g/mol. The minimum Gasteiger partial charge on any atom is -0.497 e. The number of piperazine rings is 1. The van der Waals surface area contributed by atoms with Gasteiger partial charge in [-0.1, -0.05) is 22.9 Å². The average Bonchev–Trinajstić information content (AvgIpc) is 3.17. The van der Waals surface area contributed by atoms with Crippen molar-refractivity contribution < 1.29 is 9.53 Å². The Balaban J connectivity index is 1.23. The van der Waals surface area contributed by atoms with E-state index < -0.39 is 0 Å². The normalized spacial score (nSPS) is 14.9. The standard InChI is InChI=1S/C21H23ClN4O2S/c1-28-17-5-2-15(3-6-17)20(27)23-8-9-25-10-12-26(13-11-25)21-24-18-7-4-16(22)14-19(18)29-21/h2-7,14H,8-13H2,1H3,(H,23,27). The minimum absolute atomic E-state index is 0.0561. The highest BCUT2D eigenvalue weighted by Crippen LogP contribution is 2.31. The Kier molecular flexibility index (Phi) is 6.18. The van der Waals surface area contributed by atoms with E-state index in [0.717, 1.165) is 58.8 Å². The summed E-state index contributed by atoms with van der Waals surface area (Å²) in [5.74, 6) is 0.690. The number of halogens is 1. The van der Waals surface area contributed by atoms with Gasteiger partial charge in [0.25, 0.3) is 5.91 Å². The van der Waals surface area contributed by atoms with Gasteiger partial charge in [0.1, 0.15) is 5.75 Å². The topological polar surface area (TPSA) is 57.7 Å². The molecule has 1 N–H and O–H groups in total. The molecule has 1 aliphatic rings. The van der Waals surface area contributed by atoms with E-state index in [-0.39, 0.29) is 5.91 Å². The van der Waals surface area contributed by atoms with Crippen LogP contribution in [0.4, 0.5) is 5.13 Å². The van der Waals surface area contributed by atoms with Crippen LogP contribution in [0.3, 0.4) is 0 Å². The van der Waals surface area contributed by atoms with Gasteiger partial charge in [-0.3, -0.25) is 9.69 Å². The number of hydrogen-bond donors (Lipinski definition) is 1. The minimum atomic E-state index is -0.0561. The van der Waals surface area contributed by atoms with Crippen molar-refractivity contribution in [1.29, 1.82) is 0 Å². The summed E-state index contributed by atoms with van der Waals surface area (Å²) in [6.07, 6.45) is 0. The van der Waals surface area contributed by atoms with Crippen molar-refractivity contribution >= 4 is 44.2 Å². The highest BCUT2D eigenvalue weighted by Gasteiger charge is 2.20. The van der Waals surface area contributed by atoms with E-state index in [0.29, 0.717) is 12.1 Å². The van der Waals surface area contributed by atoms with E-state index in [2.05, 4.69) is 15.1 Å². The van der Waals surface area contributed by atoms with E-state index in [9.17, 15) is 4.79 Å². The van der Waals surface area contributed by atoms with Gasteiger partial charge in [0.2, 0.25) is 0 Å². The number of carbonyl (C=O) groups is 1. The maximum atomic E-state index is 12.2. The summed E-state index contributed by atoms with van der Waals surface area (Å²) in [7, 11) is 1.61. The summed E-state index contributed by atoms with van der Waals surface area (Å²) in [5, 5.41) is 4.79. The number of amides is 1. The molecule has 1 amide bonds.